The van der Waals surface area contributed by atoms with Crippen molar-refractivity contribution in [2.75, 3.05) is 38.2 Å². The maximum Gasteiger partial charge on any atom is 0.238 e. The highest BCUT2D eigenvalue weighted by atomic mass is 16.5. The Morgan fingerprint density at radius 1 is 1.14 bits per heavy atom. The molecule has 2 aromatic rings. The van der Waals surface area contributed by atoms with Crippen LogP contribution in [0.2, 0.25) is 0 Å². The highest BCUT2D eigenvalue weighted by molar-refractivity contribution is 6.03. The minimum Gasteiger partial charge on any atom is -0.379 e. The van der Waals surface area contributed by atoms with Crippen molar-refractivity contribution in [3.05, 3.63) is 47.8 Å². The number of morpholine rings is 1. The Morgan fingerprint density at radius 3 is 2.52 bits per heavy atom. The van der Waals surface area contributed by atoms with E-state index in [2.05, 4.69) is 29.4 Å². The first kappa shape index (κ1) is 22.7. The van der Waals surface area contributed by atoms with Crippen LogP contribution in [-0.2, 0) is 16.0 Å². The Labute approximate surface area is 173 Å². The standard InChI is InChI=1S/C21H25N3O3.C2H6/c1-3-16-5-4-6-17(11-16)18-12-19(21(15(2)25)22-13-18)23-20(26)14-24-7-9-27-10-8-24;1-2/h4-6,11-13H,3,7-10,14H2,1-2H3,(H,23,26);1-2H3. The van der Waals surface area contributed by atoms with Gasteiger partial charge in [-0.2, -0.15) is 0 Å². The van der Waals surface area contributed by atoms with Gasteiger partial charge in [-0.15, -0.1) is 0 Å². The van der Waals surface area contributed by atoms with Crippen LogP contribution in [0.1, 0.15) is 43.7 Å². The first-order chi connectivity index (χ1) is 14.1. The van der Waals surface area contributed by atoms with Gasteiger partial charge >= 0.3 is 0 Å². The predicted octanol–water partition coefficient (Wildman–Crippen LogP) is 3.81. The molecule has 0 unspecified atom stereocenters. The van der Waals surface area contributed by atoms with E-state index < -0.39 is 0 Å². The van der Waals surface area contributed by atoms with Crippen LogP contribution in [0.15, 0.2) is 36.5 Å². The van der Waals surface area contributed by atoms with Gasteiger partial charge in [-0.1, -0.05) is 45.0 Å². The zero-order chi connectivity index (χ0) is 21.2. The molecule has 1 amide bonds. The number of carbonyl (C=O) groups is 2. The molecule has 1 saturated heterocycles. The molecular formula is C23H31N3O3. The summed E-state index contributed by atoms with van der Waals surface area (Å²) in [7, 11) is 0. The Hall–Kier alpha value is -2.57. The summed E-state index contributed by atoms with van der Waals surface area (Å²) in [6, 6.07) is 10.0. The van der Waals surface area contributed by atoms with Gasteiger partial charge in [0.15, 0.2) is 5.78 Å². The van der Waals surface area contributed by atoms with Crippen LogP contribution in [-0.4, -0.2) is 54.4 Å². The second-order valence-corrected chi connectivity index (χ2v) is 6.67. The fourth-order valence-electron chi connectivity index (χ4n) is 3.12. The zero-order valence-electron chi connectivity index (χ0n) is 17.8. The maximum absolute atomic E-state index is 12.5. The van der Waals surface area contributed by atoms with Crippen LogP contribution in [0, 0.1) is 0 Å². The van der Waals surface area contributed by atoms with E-state index in [-0.39, 0.29) is 23.9 Å². The molecule has 0 saturated carbocycles. The molecule has 6 heteroatoms. The first-order valence-electron chi connectivity index (χ1n) is 10.3. The number of aromatic nitrogens is 1. The van der Waals surface area contributed by atoms with Crippen molar-refractivity contribution < 1.29 is 14.3 Å². The quantitative estimate of drug-likeness (QED) is 0.751. The van der Waals surface area contributed by atoms with Gasteiger partial charge in [0.1, 0.15) is 5.69 Å². The Balaban J connectivity index is 0.00000145. The molecule has 0 atom stereocenters. The highest BCUT2D eigenvalue weighted by Crippen LogP contribution is 2.25. The number of anilines is 1. The molecule has 0 aliphatic carbocycles. The van der Waals surface area contributed by atoms with Gasteiger partial charge in [0.05, 0.1) is 25.4 Å². The second kappa shape index (κ2) is 11.4. The number of aryl methyl sites for hydroxylation is 1. The van der Waals surface area contributed by atoms with E-state index in [1.807, 2.05) is 36.9 Å². The van der Waals surface area contributed by atoms with Gasteiger partial charge in [0.2, 0.25) is 5.91 Å². The van der Waals surface area contributed by atoms with Gasteiger partial charge in [-0.3, -0.25) is 19.5 Å². The maximum atomic E-state index is 12.5. The summed E-state index contributed by atoms with van der Waals surface area (Å²) < 4.78 is 5.31. The SMILES string of the molecule is CC.CCc1cccc(-c2cnc(C(C)=O)c(NC(=O)CN3CCOCC3)c2)c1. The van der Waals surface area contributed by atoms with Crippen LogP contribution < -0.4 is 5.32 Å². The molecule has 0 bridgehead atoms. The van der Waals surface area contributed by atoms with Gasteiger partial charge in [-0.25, -0.2) is 0 Å². The lowest BCUT2D eigenvalue weighted by atomic mass is 10.0. The smallest absolute Gasteiger partial charge is 0.238 e. The summed E-state index contributed by atoms with van der Waals surface area (Å²) in [6.07, 6.45) is 2.62. The summed E-state index contributed by atoms with van der Waals surface area (Å²) in [6.45, 7) is 10.6. The number of Topliss-reactive ketones (excluding diaryl/α,β-unsaturated/α-hetero) is 1. The van der Waals surface area contributed by atoms with Gasteiger partial charge in [-0.05, 0) is 23.6 Å². The Bertz CT molecular complexity index is 830. The minimum atomic E-state index is -0.175. The number of nitrogens with zero attached hydrogens (tertiary/aromatic N) is 2. The Morgan fingerprint density at radius 2 is 1.86 bits per heavy atom. The van der Waals surface area contributed by atoms with Gasteiger partial charge < -0.3 is 10.1 Å². The third-order valence-corrected chi connectivity index (χ3v) is 4.63. The third kappa shape index (κ3) is 6.48. The van der Waals surface area contributed by atoms with Crippen molar-refractivity contribution in [1.82, 2.24) is 9.88 Å². The molecule has 1 fully saturated rings. The topological polar surface area (TPSA) is 71.5 Å². The molecule has 156 valence electrons. The monoisotopic (exact) mass is 397 g/mol. The van der Waals surface area contributed by atoms with Crippen LogP contribution >= 0.6 is 0 Å². The van der Waals surface area contributed by atoms with Crippen LogP contribution in [0.4, 0.5) is 5.69 Å². The number of hydrogen-bond donors (Lipinski definition) is 1. The predicted molar refractivity (Wildman–Crippen MR) is 116 cm³/mol. The molecule has 29 heavy (non-hydrogen) atoms. The van der Waals surface area contributed by atoms with Crippen LogP contribution in [0.3, 0.4) is 0 Å². The minimum absolute atomic E-state index is 0.152. The average molecular weight is 398 g/mol. The number of carbonyl (C=O) groups excluding carboxylic acids is 2. The van der Waals surface area contributed by atoms with Crippen molar-refractivity contribution in [2.24, 2.45) is 0 Å². The molecule has 1 N–H and O–H groups in total. The molecular weight excluding hydrogens is 366 g/mol. The van der Waals surface area contributed by atoms with Gasteiger partial charge in [0, 0.05) is 31.8 Å². The van der Waals surface area contributed by atoms with Crippen LogP contribution in [0.25, 0.3) is 11.1 Å². The van der Waals surface area contributed by atoms with Crippen molar-refractivity contribution >= 4 is 17.4 Å². The summed E-state index contributed by atoms with van der Waals surface area (Å²) >= 11 is 0. The number of amides is 1. The van der Waals surface area contributed by atoms with E-state index in [9.17, 15) is 9.59 Å². The molecule has 1 aliphatic heterocycles. The molecule has 1 aromatic heterocycles. The van der Waals surface area contributed by atoms with Crippen molar-refractivity contribution in [2.45, 2.75) is 34.1 Å². The number of ketones is 1. The number of nitrogens with one attached hydrogen (secondary N) is 1. The number of pyridine rings is 1. The summed E-state index contributed by atoms with van der Waals surface area (Å²) in [5.41, 5.74) is 3.85. The molecule has 1 aliphatic rings. The molecule has 0 radical (unpaired) electrons. The van der Waals surface area contributed by atoms with Crippen LogP contribution in [0.5, 0.6) is 0 Å². The van der Waals surface area contributed by atoms with E-state index in [0.29, 0.717) is 18.9 Å². The molecule has 1 aromatic carbocycles. The number of rotatable bonds is 6. The average Bonchev–Trinajstić information content (AvgIpc) is 2.75. The largest absolute Gasteiger partial charge is 0.379 e. The number of ether oxygens (including phenoxy) is 1. The van der Waals surface area contributed by atoms with E-state index in [0.717, 1.165) is 30.6 Å². The summed E-state index contributed by atoms with van der Waals surface area (Å²) in [5.74, 6) is -0.328. The number of benzene rings is 1. The van der Waals surface area contributed by atoms with E-state index in [1.165, 1.54) is 12.5 Å². The lowest BCUT2D eigenvalue weighted by Gasteiger charge is -2.25. The van der Waals surface area contributed by atoms with E-state index >= 15 is 0 Å². The Kier molecular flexibility index (Phi) is 8.96. The van der Waals surface area contributed by atoms with Crippen molar-refractivity contribution in [1.29, 1.82) is 0 Å². The highest BCUT2D eigenvalue weighted by Gasteiger charge is 2.17. The fraction of sp³-hybridized carbons (Fsp3) is 0.435. The van der Waals surface area contributed by atoms with Crippen molar-refractivity contribution in [3.63, 3.8) is 0 Å². The van der Waals surface area contributed by atoms with E-state index in [1.54, 1.807) is 6.20 Å². The summed E-state index contributed by atoms with van der Waals surface area (Å²) in [4.78, 5) is 30.8. The summed E-state index contributed by atoms with van der Waals surface area (Å²) in [5, 5.41) is 2.87. The fourth-order valence-corrected chi connectivity index (χ4v) is 3.12. The zero-order valence-corrected chi connectivity index (χ0v) is 17.8. The van der Waals surface area contributed by atoms with Gasteiger partial charge in [0.25, 0.3) is 0 Å². The lowest BCUT2D eigenvalue weighted by molar-refractivity contribution is -0.118. The molecule has 3 rings (SSSR count). The third-order valence-electron chi connectivity index (χ3n) is 4.63. The van der Waals surface area contributed by atoms with Crippen molar-refractivity contribution in [3.8, 4) is 11.1 Å². The second-order valence-electron chi connectivity index (χ2n) is 6.67. The molecule has 2 heterocycles. The normalized spacial score (nSPS) is 13.9. The molecule has 6 nitrogen and oxygen atoms in total. The lowest BCUT2D eigenvalue weighted by Crippen LogP contribution is -2.41. The first-order valence-corrected chi connectivity index (χ1v) is 10.3. The molecule has 0 spiro atoms. The van der Waals surface area contributed by atoms with E-state index in [4.69, 9.17) is 4.74 Å². The number of hydrogen-bond acceptors (Lipinski definition) is 5.